The van der Waals surface area contributed by atoms with Crippen molar-refractivity contribution < 1.29 is 0 Å². The number of fused-ring (bicyclic) bond motifs is 3. The quantitative estimate of drug-likeness (QED) is 0.449. The van der Waals surface area contributed by atoms with Crippen LogP contribution in [0.1, 0.15) is 44.9 Å². The Morgan fingerprint density at radius 3 is 2.48 bits per heavy atom. The van der Waals surface area contributed by atoms with Gasteiger partial charge in [-0.25, -0.2) is 4.98 Å². The fraction of sp³-hybridized carbons (Fsp3) is 0.440. The summed E-state index contributed by atoms with van der Waals surface area (Å²) in [5.41, 5.74) is 7.03. The van der Waals surface area contributed by atoms with Gasteiger partial charge in [-0.1, -0.05) is 18.6 Å². The molecule has 3 aromatic heterocycles. The Kier molecular flexibility index (Phi) is 4.69. The average molecular weight is 458 g/mol. The van der Waals surface area contributed by atoms with Crippen LogP contribution in [0.25, 0.3) is 32.6 Å². The van der Waals surface area contributed by atoms with Crippen LogP contribution in [0.2, 0.25) is 0 Å². The van der Waals surface area contributed by atoms with Gasteiger partial charge in [-0.2, -0.15) is 5.10 Å². The predicted molar refractivity (Wildman–Crippen MR) is 131 cm³/mol. The Hall–Kier alpha value is -2.84. The van der Waals surface area contributed by atoms with Gasteiger partial charge < -0.3 is 10.2 Å². The zero-order valence-corrected chi connectivity index (χ0v) is 19.3. The van der Waals surface area contributed by atoms with E-state index in [9.17, 15) is 0 Å². The molecule has 3 fully saturated rings. The third-order valence-electron chi connectivity index (χ3n) is 7.51. The van der Waals surface area contributed by atoms with Gasteiger partial charge in [0, 0.05) is 47.1 Å². The SMILES string of the molecule is c1nc2c(-c3cn[nH]c3)ccc(-c3ccc(N(C4CC4)C4C[C@@H]5CCC[C@@H](C4)N5)nn3)c2s1. The molecular formula is C25H27N7S. The van der Waals surface area contributed by atoms with Crippen LogP contribution in [0.15, 0.2) is 42.2 Å². The molecule has 0 amide bonds. The second-order valence-corrected chi connectivity index (χ2v) is 10.6. The van der Waals surface area contributed by atoms with Crippen LogP contribution >= 0.6 is 11.3 Å². The lowest BCUT2D eigenvalue weighted by atomic mass is 9.83. The number of thiazole rings is 1. The van der Waals surface area contributed by atoms with E-state index in [4.69, 9.17) is 10.2 Å². The largest absolute Gasteiger partial charge is 0.349 e. The smallest absolute Gasteiger partial charge is 0.151 e. The maximum atomic E-state index is 4.77. The molecule has 33 heavy (non-hydrogen) atoms. The number of piperidine rings is 2. The summed E-state index contributed by atoms with van der Waals surface area (Å²) < 4.78 is 1.14. The minimum absolute atomic E-state index is 0.580. The lowest BCUT2D eigenvalue weighted by Crippen LogP contribution is -2.55. The van der Waals surface area contributed by atoms with Gasteiger partial charge in [-0.15, -0.1) is 21.5 Å². The maximum absolute atomic E-state index is 4.77. The Balaban J connectivity index is 1.21. The van der Waals surface area contributed by atoms with Crippen molar-refractivity contribution >= 4 is 27.4 Å². The summed E-state index contributed by atoms with van der Waals surface area (Å²) in [6, 6.07) is 11.1. The first-order valence-corrected chi connectivity index (χ1v) is 13.0. The number of hydrogen-bond acceptors (Lipinski definition) is 7. The van der Waals surface area contributed by atoms with E-state index >= 15 is 0 Å². The third-order valence-corrected chi connectivity index (χ3v) is 8.37. The minimum atomic E-state index is 0.580. The van der Waals surface area contributed by atoms with Crippen molar-refractivity contribution in [2.24, 2.45) is 0 Å². The lowest BCUT2D eigenvalue weighted by Gasteiger charge is -2.45. The number of anilines is 1. The first-order chi connectivity index (χ1) is 16.3. The average Bonchev–Trinajstić information content (AvgIpc) is 3.31. The number of aromatic nitrogens is 5. The van der Waals surface area contributed by atoms with Crippen LogP contribution in [0.3, 0.4) is 0 Å². The molecule has 2 aliphatic heterocycles. The highest BCUT2D eigenvalue weighted by Gasteiger charge is 2.40. The van der Waals surface area contributed by atoms with Gasteiger partial charge in [-0.05, 0) is 50.7 Å². The van der Waals surface area contributed by atoms with Gasteiger partial charge in [0.1, 0.15) is 0 Å². The Morgan fingerprint density at radius 2 is 1.76 bits per heavy atom. The van der Waals surface area contributed by atoms with E-state index < -0.39 is 0 Å². The lowest BCUT2D eigenvalue weighted by molar-refractivity contribution is 0.215. The Morgan fingerprint density at radius 1 is 0.909 bits per heavy atom. The molecule has 2 N–H and O–H groups in total. The summed E-state index contributed by atoms with van der Waals surface area (Å²) in [6.07, 6.45) is 12.8. The Bertz CT molecular complexity index is 1250. The van der Waals surface area contributed by atoms with Crippen molar-refractivity contribution in [3.05, 3.63) is 42.2 Å². The van der Waals surface area contributed by atoms with Crippen LogP contribution in [0.4, 0.5) is 5.82 Å². The van der Waals surface area contributed by atoms with Crippen LogP contribution < -0.4 is 10.2 Å². The van der Waals surface area contributed by atoms with Crippen LogP contribution in [0, 0.1) is 0 Å². The molecule has 2 atom stereocenters. The van der Waals surface area contributed by atoms with Gasteiger partial charge >= 0.3 is 0 Å². The van der Waals surface area contributed by atoms with Crippen LogP contribution in [-0.4, -0.2) is 49.5 Å². The van der Waals surface area contributed by atoms with E-state index in [0.29, 0.717) is 24.2 Å². The molecule has 5 heterocycles. The Labute approximate surface area is 196 Å². The molecule has 7 nitrogen and oxygen atoms in total. The zero-order valence-electron chi connectivity index (χ0n) is 18.4. The molecule has 3 aliphatic rings. The standard InChI is InChI=1S/C25H27N7S/c1-2-16-10-19(11-17(3-1)29-16)32(18-4-5-18)23-9-8-22(30-31-23)21-7-6-20(15-12-27-28-13-15)24-25(21)33-14-26-24/h6-9,12-14,16-19,29H,1-5,10-11H2,(H,27,28)/t16-,17-/m0/s1. The van der Waals surface area contributed by atoms with Crippen LogP contribution in [0.5, 0.6) is 0 Å². The van der Waals surface area contributed by atoms with E-state index in [1.54, 1.807) is 11.3 Å². The number of H-pyrrole nitrogens is 1. The van der Waals surface area contributed by atoms with Gasteiger partial charge in [-0.3, -0.25) is 5.10 Å². The van der Waals surface area contributed by atoms with Crippen LogP contribution in [-0.2, 0) is 0 Å². The number of benzene rings is 1. The molecule has 1 saturated carbocycles. The summed E-state index contributed by atoms with van der Waals surface area (Å²) in [5, 5.41) is 20.3. The summed E-state index contributed by atoms with van der Waals surface area (Å²) in [7, 11) is 0. The maximum Gasteiger partial charge on any atom is 0.151 e. The van der Waals surface area contributed by atoms with Gasteiger partial charge in [0.2, 0.25) is 0 Å². The van der Waals surface area contributed by atoms with Crippen molar-refractivity contribution in [3.8, 4) is 22.4 Å². The molecule has 7 rings (SSSR count). The molecule has 4 aromatic rings. The van der Waals surface area contributed by atoms with E-state index in [1.165, 1.54) is 44.9 Å². The molecule has 2 bridgehead atoms. The number of rotatable bonds is 5. The molecule has 168 valence electrons. The van der Waals surface area contributed by atoms with Gasteiger partial charge in [0.05, 0.1) is 27.6 Å². The van der Waals surface area contributed by atoms with Crippen molar-refractivity contribution in [3.63, 3.8) is 0 Å². The second kappa shape index (κ2) is 7.88. The molecule has 0 unspecified atom stereocenters. The van der Waals surface area contributed by atoms with Gasteiger partial charge in [0.25, 0.3) is 0 Å². The molecule has 1 aliphatic carbocycles. The normalized spacial score (nSPS) is 24.8. The molecule has 2 saturated heterocycles. The molecular weight excluding hydrogens is 430 g/mol. The van der Waals surface area contributed by atoms with Crippen molar-refractivity contribution in [1.82, 2.24) is 30.7 Å². The number of hydrogen-bond donors (Lipinski definition) is 2. The summed E-state index contributed by atoms with van der Waals surface area (Å²) in [4.78, 5) is 7.25. The topological polar surface area (TPSA) is 82.6 Å². The fourth-order valence-corrected chi connectivity index (χ4v) is 6.71. The number of nitrogens with zero attached hydrogens (tertiary/aromatic N) is 5. The predicted octanol–water partition coefficient (Wildman–Crippen LogP) is 4.79. The summed E-state index contributed by atoms with van der Waals surface area (Å²) in [5.74, 6) is 1.04. The second-order valence-electron chi connectivity index (χ2n) is 9.71. The first-order valence-electron chi connectivity index (χ1n) is 12.1. The fourth-order valence-electron chi connectivity index (χ4n) is 5.88. The molecule has 0 spiro atoms. The molecule has 1 aromatic carbocycles. The minimum Gasteiger partial charge on any atom is -0.349 e. The van der Waals surface area contributed by atoms with E-state index in [2.05, 4.69) is 49.7 Å². The van der Waals surface area contributed by atoms with Crippen molar-refractivity contribution in [1.29, 1.82) is 0 Å². The highest BCUT2D eigenvalue weighted by molar-refractivity contribution is 7.17. The zero-order chi connectivity index (χ0) is 21.8. The number of aromatic amines is 1. The highest BCUT2D eigenvalue weighted by atomic mass is 32.1. The monoisotopic (exact) mass is 457 g/mol. The van der Waals surface area contributed by atoms with Crippen molar-refractivity contribution in [2.75, 3.05) is 4.90 Å². The van der Waals surface area contributed by atoms with E-state index in [0.717, 1.165) is 38.4 Å². The molecule has 8 heteroatoms. The van der Waals surface area contributed by atoms with Crippen molar-refractivity contribution in [2.45, 2.75) is 69.1 Å². The molecule has 0 radical (unpaired) electrons. The van der Waals surface area contributed by atoms with E-state index in [-0.39, 0.29) is 0 Å². The van der Waals surface area contributed by atoms with E-state index in [1.807, 2.05) is 17.9 Å². The number of nitrogens with one attached hydrogen (secondary N) is 2. The first kappa shape index (κ1) is 19.6. The third kappa shape index (κ3) is 3.52. The summed E-state index contributed by atoms with van der Waals surface area (Å²) in [6.45, 7) is 0. The highest BCUT2D eigenvalue weighted by Crippen LogP contribution is 2.39. The van der Waals surface area contributed by atoms with Gasteiger partial charge in [0.15, 0.2) is 5.82 Å². The summed E-state index contributed by atoms with van der Waals surface area (Å²) >= 11 is 1.65.